The number of ether oxygens (including phenoxy) is 3. The molecule has 0 unspecified atom stereocenters. The monoisotopic (exact) mass is 414 g/mol. The standard InChI is InChI=1S/C24H30O6/c1-15(25)29-14-23(2)10-7-11-24(3)18-13-28-22(27)17(18)12-19(20(23)24)30-21(26)16-8-5-4-6-9-16/h4-6,8-9,17-20H,7,10-14H2,1-3H3/t17-,18-,19+,20+,23-,24+/m0/s1. The van der Waals surface area contributed by atoms with Crippen molar-refractivity contribution in [2.75, 3.05) is 13.2 Å². The number of esters is 3. The molecule has 0 bridgehead atoms. The molecular formula is C24H30O6. The molecule has 0 spiro atoms. The fraction of sp³-hybridized carbons (Fsp3) is 0.625. The van der Waals surface area contributed by atoms with Crippen LogP contribution in [0.15, 0.2) is 30.3 Å². The van der Waals surface area contributed by atoms with Crippen LogP contribution in [0.5, 0.6) is 0 Å². The highest BCUT2D eigenvalue weighted by Gasteiger charge is 2.64. The Kier molecular flexibility index (Phi) is 5.37. The minimum atomic E-state index is -0.435. The zero-order valence-electron chi connectivity index (χ0n) is 17.9. The first-order valence-corrected chi connectivity index (χ1v) is 10.8. The largest absolute Gasteiger partial charge is 0.465 e. The second kappa shape index (κ2) is 7.71. The molecule has 6 nitrogen and oxygen atoms in total. The molecule has 0 aromatic heterocycles. The van der Waals surface area contributed by atoms with Crippen LogP contribution in [0.4, 0.5) is 0 Å². The summed E-state index contributed by atoms with van der Waals surface area (Å²) < 4.78 is 17.0. The second-order valence-electron chi connectivity index (χ2n) is 9.66. The number of hydrogen-bond acceptors (Lipinski definition) is 6. The number of cyclic esters (lactones) is 1. The van der Waals surface area contributed by atoms with E-state index in [9.17, 15) is 14.4 Å². The van der Waals surface area contributed by atoms with Gasteiger partial charge in [-0.05, 0) is 36.8 Å². The normalized spacial score (nSPS) is 37.5. The van der Waals surface area contributed by atoms with E-state index in [1.165, 1.54) is 6.92 Å². The summed E-state index contributed by atoms with van der Waals surface area (Å²) >= 11 is 0. The highest BCUT2D eigenvalue weighted by Crippen LogP contribution is 2.63. The van der Waals surface area contributed by atoms with E-state index in [0.29, 0.717) is 18.6 Å². The predicted molar refractivity (Wildman–Crippen MR) is 108 cm³/mol. The maximum atomic E-state index is 12.9. The molecule has 6 atom stereocenters. The number of rotatable bonds is 4. The highest BCUT2D eigenvalue weighted by molar-refractivity contribution is 5.89. The number of carbonyl (C=O) groups is 3. The molecule has 6 heteroatoms. The minimum Gasteiger partial charge on any atom is -0.465 e. The summed E-state index contributed by atoms with van der Waals surface area (Å²) in [7, 11) is 0. The van der Waals surface area contributed by atoms with E-state index in [-0.39, 0.29) is 53.1 Å². The predicted octanol–water partition coefficient (Wildman–Crippen LogP) is 3.78. The number of benzene rings is 1. The van der Waals surface area contributed by atoms with Crippen LogP contribution in [0.1, 0.15) is 56.8 Å². The van der Waals surface area contributed by atoms with Crippen LogP contribution in [0.2, 0.25) is 0 Å². The van der Waals surface area contributed by atoms with Crippen LogP contribution in [0.3, 0.4) is 0 Å². The Morgan fingerprint density at radius 2 is 1.90 bits per heavy atom. The molecule has 4 rings (SSSR count). The van der Waals surface area contributed by atoms with E-state index in [4.69, 9.17) is 14.2 Å². The van der Waals surface area contributed by atoms with Crippen molar-refractivity contribution in [3.63, 3.8) is 0 Å². The van der Waals surface area contributed by atoms with Gasteiger partial charge >= 0.3 is 17.9 Å². The van der Waals surface area contributed by atoms with Gasteiger partial charge in [-0.25, -0.2) is 4.79 Å². The Labute approximate surface area is 177 Å². The minimum absolute atomic E-state index is 0.0264. The van der Waals surface area contributed by atoms with Crippen molar-refractivity contribution < 1.29 is 28.6 Å². The van der Waals surface area contributed by atoms with Crippen molar-refractivity contribution in [3.05, 3.63) is 35.9 Å². The summed E-state index contributed by atoms with van der Waals surface area (Å²) in [6.07, 6.45) is 2.81. The summed E-state index contributed by atoms with van der Waals surface area (Å²) in [4.78, 5) is 37.0. The second-order valence-corrected chi connectivity index (χ2v) is 9.66. The van der Waals surface area contributed by atoms with E-state index in [0.717, 1.165) is 19.3 Å². The maximum absolute atomic E-state index is 12.9. The molecule has 2 saturated carbocycles. The molecule has 2 aliphatic carbocycles. The van der Waals surface area contributed by atoms with E-state index in [1.54, 1.807) is 24.3 Å². The molecule has 1 aromatic rings. The van der Waals surface area contributed by atoms with Crippen molar-refractivity contribution in [2.24, 2.45) is 28.6 Å². The Balaban J connectivity index is 1.69. The quantitative estimate of drug-likeness (QED) is 0.551. The molecule has 0 amide bonds. The molecule has 1 aliphatic heterocycles. The first-order valence-electron chi connectivity index (χ1n) is 10.8. The summed E-state index contributed by atoms with van der Waals surface area (Å²) in [6, 6.07) is 8.92. The summed E-state index contributed by atoms with van der Waals surface area (Å²) in [5.74, 6) is -1.06. The van der Waals surface area contributed by atoms with Crippen LogP contribution in [0, 0.1) is 28.6 Å². The lowest BCUT2D eigenvalue weighted by molar-refractivity contribution is -0.181. The fourth-order valence-electron chi connectivity index (χ4n) is 6.45. The molecule has 0 radical (unpaired) electrons. The lowest BCUT2D eigenvalue weighted by atomic mass is 9.45. The van der Waals surface area contributed by atoms with Gasteiger partial charge in [-0.3, -0.25) is 9.59 Å². The number of carbonyl (C=O) groups excluding carboxylic acids is 3. The van der Waals surface area contributed by atoms with Crippen molar-refractivity contribution in [1.82, 2.24) is 0 Å². The lowest BCUT2D eigenvalue weighted by Gasteiger charge is -2.59. The molecule has 1 saturated heterocycles. The van der Waals surface area contributed by atoms with E-state index < -0.39 is 6.10 Å². The molecule has 3 aliphatic rings. The molecule has 1 aromatic carbocycles. The Bertz CT molecular complexity index is 835. The van der Waals surface area contributed by atoms with Gasteiger partial charge in [0.05, 0.1) is 24.7 Å². The lowest BCUT2D eigenvalue weighted by Crippen LogP contribution is -2.60. The van der Waals surface area contributed by atoms with Gasteiger partial charge < -0.3 is 14.2 Å². The van der Waals surface area contributed by atoms with Crippen LogP contribution in [-0.4, -0.2) is 37.2 Å². The van der Waals surface area contributed by atoms with Crippen LogP contribution in [0.25, 0.3) is 0 Å². The Morgan fingerprint density at radius 3 is 2.60 bits per heavy atom. The average molecular weight is 414 g/mol. The van der Waals surface area contributed by atoms with Gasteiger partial charge in [-0.1, -0.05) is 38.5 Å². The van der Waals surface area contributed by atoms with Crippen molar-refractivity contribution in [3.8, 4) is 0 Å². The third-order valence-electron chi connectivity index (χ3n) is 7.70. The smallest absolute Gasteiger partial charge is 0.338 e. The molecule has 162 valence electrons. The Morgan fingerprint density at radius 1 is 1.17 bits per heavy atom. The van der Waals surface area contributed by atoms with E-state index in [1.807, 2.05) is 6.07 Å². The summed E-state index contributed by atoms with van der Waals surface area (Å²) in [5, 5.41) is 0. The molecule has 3 fully saturated rings. The van der Waals surface area contributed by atoms with Crippen molar-refractivity contribution >= 4 is 17.9 Å². The van der Waals surface area contributed by atoms with Gasteiger partial charge in [0.25, 0.3) is 0 Å². The van der Waals surface area contributed by atoms with Gasteiger partial charge in [0, 0.05) is 24.2 Å². The topological polar surface area (TPSA) is 78.9 Å². The summed E-state index contributed by atoms with van der Waals surface area (Å²) in [5.41, 5.74) is -0.0753. The third kappa shape index (κ3) is 3.50. The zero-order valence-corrected chi connectivity index (χ0v) is 17.9. The van der Waals surface area contributed by atoms with Gasteiger partial charge in [0.15, 0.2) is 0 Å². The first-order chi connectivity index (χ1) is 14.2. The molecule has 0 N–H and O–H groups in total. The maximum Gasteiger partial charge on any atom is 0.338 e. The molecule has 30 heavy (non-hydrogen) atoms. The Hall–Kier alpha value is -2.37. The summed E-state index contributed by atoms with van der Waals surface area (Å²) in [6.45, 7) is 6.44. The first kappa shape index (κ1) is 20.9. The zero-order chi connectivity index (χ0) is 21.5. The fourth-order valence-corrected chi connectivity index (χ4v) is 6.45. The number of hydrogen-bond donors (Lipinski definition) is 0. The molecular weight excluding hydrogens is 384 g/mol. The SMILES string of the molecule is CC(=O)OC[C@]1(C)CCC[C@@]2(C)[C@@H]1[C@H](OC(=O)c1ccccc1)C[C@@H]1C(=O)OC[C@@H]12. The van der Waals surface area contributed by atoms with Crippen molar-refractivity contribution in [1.29, 1.82) is 0 Å². The van der Waals surface area contributed by atoms with Gasteiger partial charge in [0.1, 0.15) is 6.10 Å². The number of fused-ring (bicyclic) bond motifs is 3. The highest BCUT2D eigenvalue weighted by atomic mass is 16.6. The van der Waals surface area contributed by atoms with Gasteiger partial charge in [-0.2, -0.15) is 0 Å². The van der Waals surface area contributed by atoms with Crippen LogP contribution in [-0.2, 0) is 23.8 Å². The van der Waals surface area contributed by atoms with Crippen LogP contribution >= 0.6 is 0 Å². The van der Waals surface area contributed by atoms with E-state index in [2.05, 4.69) is 13.8 Å². The molecule has 1 heterocycles. The van der Waals surface area contributed by atoms with Crippen molar-refractivity contribution in [2.45, 2.75) is 52.6 Å². The average Bonchev–Trinajstić information content (AvgIpc) is 3.08. The third-order valence-corrected chi connectivity index (χ3v) is 7.70. The van der Waals surface area contributed by atoms with Gasteiger partial charge in [0.2, 0.25) is 0 Å². The van der Waals surface area contributed by atoms with E-state index >= 15 is 0 Å². The van der Waals surface area contributed by atoms with Gasteiger partial charge in [-0.15, -0.1) is 0 Å². The van der Waals surface area contributed by atoms with Crippen LogP contribution < -0.4 is 0 Å².